The number of unbranched alkanes of at least 4 members (excludes halogenated alkanes) is 3. The van der Waals surface area contributed by atoms with Crippen molar-refractivity contribution in [3.05, 3.63) is 11.8 Å². The molecule has 3 heteroatoms. The summed E-state index contributed by atoms with van der Waals surface area (Å²) in [7, 11) is 6.65. The second kappa shape index (κ2) is 9.96. The van der Waals surface area contributed by atoms with Crippen LogP contribution < -0.4 is 0 Å². The Morgan fingerprint density at radius 2 is 1.85 bits per heavy atom. The van der Waals surface area contributed by atoms with Crippen molar-refractivity contribution in [1.29, 1.82) is 0 Å². The molecule has 0 saturated heterocycles. The van der Waals surface area contributed by atoms with Gasteiger partial charge in [-0.3, -0.25) is 0 Å². The molecule has 75 valence electrons. The van der Waals surface area contributed by atoms with Crippen LogP contribution in [0, 0.1) is 0 Å². The minimum absolute atomic E-state index is 0.0219. The van der Waals surface area contributed by atoms with Crippen LogP contribution in [0.5, 0.6) is 0 Å². The number of hydrogen-bond donors (Lipinski definition) is 0. The number of methoxy groups -OCH3 is 2. The Balaban J connectivity index is 3.14. The molecule has 0 heterocycles. The van der Waals surface area contributed by atoms with Crippen LogP contribution in [0.4, 0.5) is 0 Å². The highest BCUT2D eigenvalue weighted by Crippen LogP contribution is 2.08. The van der Waals surface area contributed by atoms with E-state index in [1.807, 2.05) is 5.70 Å². The van der Waals surface area contributed by atoms with E-state index in [9.17, 15) is 0 Å². The molecule has 0 spiro atoms. The Morgan fingerprint density at radius 3 is 2.38 bits per heavy atom. The first-order valence-corrected chi connectivity index (χ1v) is 5.30. The first-order valence-electron chi connectivity index (χ1n) is 4.73. The molecule has 0 saturated carbocycles. The van der Waals surface area contributed by atoms with Crippen molar-refractivity contribution in [2.45, 2.75) is 38.4 Å². The van der Waals surface area contributed by atoms with E-state index >= 15 is 0 Å². The Labute approximate surface area is 84.7 Å². The summed E-state index contributed by atoms with van der Waals surface area (Å²) in [5.74, 6) is 0. The highest BCUT2D eigenvalue weighted by Gasteiger charge is 2.02. The summed E-state index contributed by atoms with van der Waals surface area (Å²) in [4.78, 5) is 0. The molecule has 0 aromatic carbocycles. The zero-order chi connectivity index (χ0) is 9.94. The van der Waals surface area contributed by atoms with Gasteiger partial charge >= 0.3 is 0 Å². The molecule has 0 bridgehead atoms. The molecule has 0 fully saturated rings. The van der Waals surface area contributed by atoms with Crippen molar-refractivity contribution in [3.8, 4) is 0 Å². The average molecular weight is 199 g/mol. The predicted octanol–water partition coefficient (Wildman–Crippen LogP) is 2.24. The van der Waals surface area contributed by atoms with Crippen LogP contribution in [0.3, 0.4) is 0 Å². The molecule has 2 nitrogen and oxygen atoms in total. The third kappa shape index (κ3) is 8.21. The van der Waals surface area contributed by atoms with Crippen molar-refractivity contribution in [2.24, 2.45) is 0 Å². The van der Waals surface area contributed by atoms with E-state index in [1.54, 1.807) is 14.2 Å². The van der Waals surface area contributed by atoms with Crippen LogP contribution in [0.15, 0.2) is 11.8 Å². The maximum Gasteiger partial charge on any atom is 0.156 e. The number of hydrogen-bond acceptors (Lipinski definition) is 2. The first-order chi connectivity index (χ1) is 6.35. The fourth-order valence-corrected chi connectivity index (χ4v) is 1.33. The molecule has 0 unspecified atom stereocenters. The normalized spacial score (nSPS) is 11.7. The molecule has 0 N–H and O–H groups in total. The summed E-state index contributed by atoms with van der Waals surface area (Å²) < 4.78 is 10.2. The third-order valence-electron chi connectivity index (χ3n) is 1.95. The Morgan fingerprint density at radius 1 is 1.15 bits per heavy atom. The van der Waals surface area contributed by atoms with E-state index in [0.717, 1.165) is 12.8 Å². The number of rotatable bonds is 8. The average Bonchev–Trinajstić information content (AvgIpc) is 2.17. The van der Waals surface area contributed by atoms with Gasteiger partial charge in [-0.1, -0.05) is 12.5 Å². The predicted molar refractivity (Wildman–Crippen MR) is 55.8 cm³/mol. The fraction of sp³-hybridized carbons (Fsp3) is 0.800. The molecule has 0 atom stereocenters. The summed E-state index contributed by atoms with van der Waals surface area (Å²) in [6.07, 6.45) is 7.88. The van der Waals surface area contributed by atoms with Crippen LogP contribution in [0.2, 0.25) is 0 Å². The van der Waals surface area contributed by atoms with Crippen LogP contribution in [0.1, 0.15) is 32.1 Å². The molecule has 0 aliphatic carbocycles. The lowest BCUT2D eigenvalue weighted by atomic mass is 10.1. The van der Waals surface area contributed by atoms with Gasteiger partial charge in [-0.2, -0.15) is 0 Å². The van der Waals surface area contributed by atoms with Gasteiger partial charge in [-0.15, -0.1) is 5.70 Å². The van der Waals surface area contributed by atoms with Crippen molar-refractivity contribution in [2.75, 3.05) is 14.2 Å². The smallest absolute Gasteiger partial charge is 0.156 e. The van der Waals surface area contributed by atoms with Gasteiger partial charge < -0.3 is 9.47 Å². The lowest BCUT2D eigenvalue weighted by Crippen LogP contribution is -2.12. The minimum atomic E-state index is -0.0219. The van der Waals surface area contributed by atoms with Gasteiger partial charge in [0.1, 0.15) is 0 Å². The molecule has 0 aromatic heterocycles. The summed E-state index contributed by atoms with van der Waals surface area (Å²) >= 11 is 0. The molecular formula is C10H19O2Si. The number of ether oxygens (including phenoxy) is 2. The zero-order valence-corrected chi connectivity index (χ0v) is 9.58. The standard InChI is InChI=1S/C10H19O2Si/c1-11-10(12-2)8-6-4-3-5-7-9-13/h7,9-10H,3-6,8H2,1-2H3. The van der Waals surface area contributed by atoms with E-state index in [2.05, 4.69) is 16.3 Å². The van der Waals surface area contributed by atoms with E-state index in [1.165, 1.54) is 19.3 Å². The number of allylic oxidation sites excluding steroid dienone is 1. The topological polar surface area (TPSA) is 18.5 Å². The fourth-order valence-electron chi connectivity index (χ4n) is 1.17. The van der Waals surface area contributed by atoms with Gasteiger partial charge in [0, 0.05) is 14.2 Å². The van der Waals surface area contributed by atoms with E-state index in [-0.39, 0.29) is 6.29 Å². The zero-order valence-electron chi connectivity index (χ0n) is 8.58. The van der Waals surface area contributed by atoms with Gasteiger partial charge in [-0.05, 0) is 25.7 Å². The van der Waals surface area contributed by atoms with Gasteiger partial charge in [0.25, 0.3) is 0 Å². The van der Waals surface area contributed by atoms with Crippen LogP contribution >= 0.6 is 0 Å². The maximum atomic E-state index is 5.08. The summed E-state index contributed by atoms with van der Waals surface area (Å²) in [5, 5.41) is 0. The molecule has 3 radical (unpaired) electrons. The Hall–Kier alpha value is -0.123. The highest BCUT2D eigenvalue weighted by molar-refractivity contribution is 6.16. The molecule has 0 aliphatic rings. The van der Waals surface area contributed by atoms with Gasteiger partial charge in [0.15, 0.2) is 6.29 Å². The summed E-state index contributed by atoms with van der Waals surface area (Å²) in [5.41, 5.74) is 1.91. The lowest BCUT2D eigenvalue weighted by molar-refractivity contribution is -0.107. The maximum absolute atomic E-state index is 5.08. The molecule has 0 aliphatic heterocycles. The summed E-state index contributed by atoms with van der Waals surface area (Å²) in [6, 6.07) is 0. The van der Waals surface area contributed by atoms with Gasteiger partial charge in [0.05, 0.1) is 10.2 Å². The van der Waals surface area contributed by atoms with Crippen LogP contribution in [-0.4, -0.2) is 30.8 Å². The van der Waals surface area contributed by atoms with Crippen LogP contribution in [0.25, 0.3) is 0 Å². The van der Waals surface area contributed by atoms with Crippen molar-refractivity contribution in [1.82, 2.24) is 0 Å². The second-order valence-corrected chi connectivity index (χ2v) is 3.27. The largest absolute Gasteiger partial charge is 0.356 e. The monoisotopic (exact) mass is 199 g/mol. The quantitative estimate of drug-likeness (QED) is 0.339. The van der Waals surface area contributed by atoms with Gasteiger partial charge in [0.2, 0.25) is 0 Å². The third-order valence-corrected chi connectivity index (χ3v) is 2.19. The Bertz CT molecular complexity index is 122. The van der Waals surface area contributed by atoms with E-state index < -0.39 is 0 Å². The molecular weight excluding hydrogens is 180 g/mol. The van der Waals surface area contributed by atoms with Gasteiger partial charge in [-0.25, -0.2) is 0 Å². The Kier molecular flexibility index (Phi) is 9.87. The first kappa shape index (κ1) is 12.9. The molecule has 0 aromatic rings. The SMILES string of the molecule is COC(CCCCCC=C[Si])OC. The van der Waals surface area contributed by atoms with E-state index in [4.69, 9.17) is 9.47 Å². The summed E-state index contributed by atoms with van der Waals surface area (Å²) in [6.45, 7) is 0. The molecule has 0 rings (SSSR count). The minimum Gasteiger partial charge on any atom is -0.356 e. The molecule has 13 heavy (non-hydrogen) atoms. The lowest BCUT2D eigenvalue weighted by Gasteiger charge is -2.12. The van der Waals surface area contributed by atoms with Crippen molar-refractivity contribution in [3.63, 3.8) is 0 Å². The van der Waals surface area contributed by atoms with Crippen LogP contribution in [-0.2, 0) is 9.47 Å². The molecule has 0 amide bonds. The van der Waals surface area contributed by atoms with Crippen molar-refractivity contribution >= 4 is 10.2 Å². The highest BCUT2D eigenvalue weighted by atomic mass is 28.1. The van der Waals surface area contributed by atoms with Crippen molar-refractivity contribution < 1.29 is 9.47 Å². The van der Waals surface area contributed by atoms with E-state index in [0.29, 0.717) is 0 Å². The second-order valence-electron chi connectivity index (χ2n) is 2.94.